The zero-order chi connectivity index (χ0) is 19.8. The van der Waals surface area contributed by atoms with Gasteiger partial charge < -0.3 is 15.1 Å². The molecule has 1 saturated heterocycles. The summed E-state index contributed by atoms with van der Waals surface area (Å²) in [6, 6.07) is 3.93. The molecule has 2 heterocycles. The number of hydrogen-bond donors (Lipinski definition) is 2. The lowest BCUT2D eigenvalue weighted by Crippen LogP contribution is -2.50. The lowest BCUT2D eigenvalue weighted by molar-refractivity contribution is 0.0660. The van der Waals surface area contributed by atoms with Gasteiger partial charge >= 0.3 is 0 Å². The van der Waals surface area contributed by atoms with Crippen molar-refractivity contribution in [3.63, 3.8) is 0 Å². The van der Waals surface area contributed by atoms with E-state index in [0.717, 1.165) is 32.6 Å². The van der Waals surface area contributed by atoms with Gasteiger partial charge in [0.15, 0.2) is 11.5 Å². The zero-order valence-electron chi connectivity index (χ0n) is 18.2. The zero-order valence-corrected chi connectivity index (χ0v) is 20.0. The average Bonchev–Trinajstić information content (AvgIpc) is 2.70. The maximum Gasteiger partial charge on any atom is 0.157 e. The molecule has 2 N–H and O–H groups in total. The van der Waals surface area contributed by atoms with E-state index in [1.54, 1.807) is 12.1 Å². The summed E-state index contributed by atoms with van der Waals surface area (Å²) in [5.74, 6) is 0.0395. The molecule has 1 atom stereocenters. The summed E-state index contributed by atoms with van der Waals surface area (Å²) in [5, 5.41) is 19.8. The third-order valence-corrected chi connectivity index (χ3v) is 6.67. The quantitative estimate of drug-likeness (QED) is 0.317. The second kappa shape index (κ2) is 12.8. The highest BCUT2D eigenvalue weighted by molar-refractivity contribution is 8.93. The Hall–Kier alpha value is -0.780. The van der Waals surface area contributed by atoms with E-state index in [9.17, 15) is 10.2 Å². The highest BCUT2D eigenvalue weighted by atomic mass is 79.9. The molecule has 3 rings (SSSR count). The molecule has 1 aromatic rings. The Kier molecular flexibility index (Phi) is 10.8. The van der Waals surface area contributed by atoms with Crippen molar-refractivity contribution < 1.29 is 10.2 Å². The van der Waals surface area contributed by atoms with E-state index >= 15 is 0 Å². The number of halogens is 1. The molecular formula is C24H41BrN2O2. The number of fused-ring (bicyclic) bond motifs is 3. The predicted octanol–water partition coefficient (Wildman–Crippen LogP) is 5.81. The summed E-state index contributed by atoms with van der Waals surface area (Å²) in [6.45, 7) is 7.86. The molecule has 0 aliphatic carbocycles. The number of aromatic hydroxyl groups is 2. The molecule has 0 aromatic heterocycles. The van der Waals surface area contributed by atoms with Gasteiger partial charge in [0.2, 0.25) is 0 Å². The van der Waals surface area contributed by atoms with Gasteiger partial charge in [0.05, 0.1) is 0 Å². The predicted molar refractivity (Wildman–Crippen MR) is 126 cm³/mol. The first-order chi connectivity index (χ1) is 13.7. The Bertz CT molecular complexity index is 611. The Morgan fingerprint density at radius 2 is 1.45 bits per heavy atom. The fourth-order valence-corrected chi connectivity index (χ4v) is 4.89. The first-order valence-corrected chi connectivity index (χ1v) is 11.7. The molecule has 2 aliphatic rings. The van der Waals surface area contributed by atoms with Crippen LogP contribution in [0.1, 0.15) is 88.3 Å². The third kappa shape index (κ3) is 7.15. The van der Waals surface area contributed by atoms with Crippen molar-refractivity contribution in [2.24, 2.45) is 0 Å². The topological polar surface area (TPSA) is 46.9 Å². The van der Waals surface area contributed by atoms with Crippen molar-refractivity contribution in [1.29, 1.82) is 0 Å². The molecule has 1 unspecified atom stereocenters. The summed E-state index contributed by atoms with van der Waals surface area (Å²) in [6.07, 6.45) is 14.8. The monoisotopic (exact) mass is 468 g/mol. The number of unbranched alkanes of at least 4 members (excludes halogenated alkanes) is 9. The van der Waals surface area contributed by atoms with E-state index in [-0.39, 0.29) is 28.5 Å². The Labute approximate surface area is 188 Å². The van der Waals surface area contributed by atoms with Crippen molar-refractivity contribution in [2.75, 3.05) is 32.7 Å². The number of phenols is 2. The van der Waals surface area contributed by atoms with Gasteiger partial charge in [0.1, 0.15) is 0 Å². The van der Waals surface area contributed by atoms with E-state index in [0.29, 0.717) is 6.04 Å². The average molecular weight is 470 g/mol. The third-order valence-electron chi connectivity index (χ3n) is 6.67. The maximum atomic E-state index is 9.95. The van der Waals surface area contributed by atoms with Gasteiger partial charge in [-0.2, -0.15) is 0 Å². The van der Waals surface area contributed by atoms with Crippen LogP contribution in [0.3, 0.4) is 0 Å². The largest absolute Gasteiger partial charge is 0.504 e. The highest BCUT2D eigenvalue weighted by Gasteiger charge is 2.33. The molecule has 4 nitrogen and oxygen atoms in total. The SMILES string of the molecule is Br.CCCCCCCCCCCCN1CCN2CCc3cc(O)c(O)cc3C2C1. The van der Waals surface area contributed by atoms with Crippen molar-refractivity contribution in [2.45, 2.75) is 83.6 Å². The van der Waals surface area contributed by atoms with Crippen molar-refractivity contribution in [3.05, 3.63) is 23.3 Å². The number of phenolic OH excluding ortho intramolecular Hbond substituents is 2. The van der Waals surface area contributed by atoms with Crippen LogP contribution in [0.25, 0.3) is 0 Å². The van der Waals surface area contributed by atoms with E-state index < -0.39 is 0 Å². The second-order valence-corrected chi connectivity index (χ2v) is 8.82. The van der Waals surface area contributed by atoms with Gasteiger partial charge in [-0.25, -0.2) is 0 Å². The Balaban J connectivity index is 0.00000300. The summed E-state index contributed by atoms with van der Waals surface area (Å²) < 4.78 is 0. The minimum Gasteiger partial charge on any atom is -0.504 e. The fraction of sp³-hybridized carbons (Fsp3) is 0.750. The molecule has 0 amide bonds. The van der Waals surface area contributed by atoms with Crippen molar-refractivity contribution in [3.8, 4) is 11.5 Å². The summed E-state index contributed by atoms with van der Waals surface area (Å²) >= 11 is 0. The van der Waals surface area contributed by atoms with Crippen molar-refractivity contribution >= 4 is 17.0 Å². The molecule has 1 aromatic carbocycles. The number of piperazine rings is 1. The van der Waals surface area contributed by atoms with Crippen LogP contribution in [-0.2, 0) is 6.42 Å². The number of hydrogen-bond acceptors (Lipinski definition) is 4. The highest BCUT2D eigenvalue weighted by Crippen LogP contribution is 2.38. The maximum absolute atomic E-state index is 9.95. The van der Waals surface area contributed by atoms with Crippen LogP contribution in [0.4, 0.5) is 0 Å². The molecule has 166 valence electrons. The van der Waals surface area contributed by atoms with Crippen LogP contribution in [0.5, 0.6) is 11.5 Å². The molecule has 29 heavy (non-hydrogen) atoms. The lowest BCUT2D eigenvalue weighted by atomic mass is 9.90. The molecule has 0 saturated carbocycles. The van der Waals surface area contributed by atoms with Crippen LogP contribution in [0.2, 0.25) is 0 Å². The van der Waals surface area contributed by atoms with Crippen LogP contribution in [0, 0.1) is 0 Å². The van der Waals surface area contributed by atoms with Crippen LogP contribution in [-0.4, -0.2) is 52.7 Å². The fourth-order valence-electron chi connectivity index (χ4n) is 4.89. The van der Waals surface area contributed by atoms with Gasteiger partial charge in [-0.15, -0.1) is 17.0 Å². The molecular weight excluding hydrogens is 428 g/mol. The van der Waals surface area contributed by atoms with Crippen LogP contribution in [0.15, 0.2) is 12.1 Å². The summed E-state index contributed by atoms with van der Waals surface area (Å²) in [4.78, 5) is 5.15. The molecule has 0 radical (unpaired) electrons. The number of benzene rings is 1. The number of nitrogens with zero attached hydrogens (tertiary/aromatic N) is 2. The lowest BCUT2D eigenvalue weighted by Gasteiger charge is -2.45. The normalized spacial score (nSPS) is 19.4. The van der Waals surface area contributed by atoms with Gasteiger partial charge in [-0.05, 0) is 42.6 Å². The minimum absolute atomic E-state index is 0. The summed E-state index contributed by atoms with van der Waals surface area (Å²) in [5.41, 5.74) is 2.42. The number of rotatable bonds is 11. The minimum atomic E-state index is 0. The van der Waals surface area contributed by atoms with E-state index in [2.05, 4.69) is 16.7 Å². The second-order valence-electron chi connectivity index (χ2n) is 8.82. The van der Waals surface area contributed by atoms with Crippen LogP contribution < -0.4 is 0 Å². The van der Waals surface area contributed by atoms with Gasteiger partial charge in [-0.1, -0.05) is 64.7 Å². The first-order valence-electron chi connectivity index (χ1n) is 11.7. The smallest absolute Gasteiger partial charge is 0.157 e. The molecule has 0 bridgehead atoms. The molecule has 1 fully saturated rings. The first kappa shape index (κ1) is 24.5. The van der Waals surface area contributed by atoms with E-state index in [1.165, 1.54) is 81.9 Å². The van der Waals surface area contributed by atoms with Gasteiger partial charge in [0, 0.05) is 32.2 Å². The van der Waals surface area contributed by atoms with Crippen molar-refractivity contribution in [1.82, 2.24) is 9.80 Å². The van der Waals surface area contributed by atoms with E-state index in [1.807, 2.05) is 0 Å². The Morgan fingerprint density at radius 1 is 0.828 bits per heavy atom. The van der Waals surface area contributed by atoms with Gasteiger partial charge in [-0.3, -0.25) is 4.90 Å². The van der Waals surface area contributed by atoms with Crippen LogP contribution >= 0.6 is 17.0 Å². The molecule has 2 aliphatic heterocycles. The molecule has 5 heteroatoms. The summed E-state index contributed by atoms with van der Waals surface area (Å²) in [7, 11) is 0. The Morgan fingerprint density at radius 3 is 2.14 bits per heavy atom. The van der Waals surface area contributed by atoms with E-state index in [4.69, 9.17) is 0 Å². The van der Waals surface area contributed by atoms with Gasteiger partial charge in [0.25, 0.3) is 0 Å². The standard InChI is InChI=1S/C24H40N2O2.BrH/c1-2-3-4-5-6-7-8-9-10-11-13-25-15-16-26-14-12-20-17-23(27)24(28)18-21(20)22(26)19-25;/h17-18,22,27-28H,2-16,19H2,1H3;1H. The molecule has 0 spiro atoms.